The summed E-state index contributed by atoms with van der Waals surface area (Å²) >= 11 is 0. The molecule has 4 N–H and O–H groups in total. The Kier molecular flexibility index (Phi) is 7.56. The Labute approximate surface area is 239 Å². The van der Waals surface area contributed by atoms with E-state index in [1.807, 2.05) is 49.9 Å². The van der Waals surface area contributed by atoms with Crippen LogP contribution in [0.5, 0.6) is 0 Å². The highest BCUT2D eigenvalue weighted by Crippen LogP contribution is 2.34. The summed E-state index contributed by atoms with van der Waals surface area (Å²) in [7, 11) is 0. The molecule has 0 atom stereocenters. The Morgan fingerprint density at radius 2 is 1.98 bits per heavy atom. The molecule has 0 unspecified atom stereocenters. The van der Waals surface area contributed by atoms with E-state index in [0.29, 0.717) is 5.92 Å². The van der Waals surface area contributed by atoms with Gasteiger partial charge in [-0.05, 0) is 81.1 Å². The van der Waals surface area contributed by atoms with E-state index in [4.69, 9.17) is 4.98 Å². The van der Waals surface area contributed by atoms with Crippen molar-refractivity contribution in [2.45, 2.75) is 26.2 Å². The van der Waals surface area contributed by atoms with E-state index in [-0.39, 0.29) is 0 Å². The van der Waals surface area contributed by atoms with Gasteiger partial charge in [0.05, 0.1) is 17.4 Å². The molecule has 6 rings (SSSR count). The third kappa shape index (κ3) is 5.60. The summed E-state index contributed by atoms with van der Waals surface area (Å²) in [5.74, 6) is 0.662. The molecule has 0 spiro atoms. The van der Waals surface area contributed by atoms with Crippen LogP contribution in [0.3, 0.4) is 0 Å². The summed E-state index contributed by atoms with van der Waals surface area (Å²) in [5.41, 5.74) is 9.34. The third-order valence-corrected chi connectivity index (χ3v) is 7.68. The Bertz CT molecular complexity index is 1770. The predicted molar refractivity (Wildman–Crippen MR) is 167 cm³/mol. The Morgan fingerprint density at radius 3 is 2.76 bits per heavy atom. The molecule has 41 heavy (non-hydrogen) atoms. The maximum absolute atomic E-state index is 4.69. The fourth-order valence-corrected chi connectivity index (χ4v) is 5.53. The number of hydrogen-bond acceptors (Lipinski definition) is 6. The first kappa shape index (κ1) is 26.4. The summed E-state index contributed by atoms with van der Waals surface area (Å²) in [5, 5.41) is 16.6. The average molecular weight is 543 g/mol. The third-order valence-electron chi connectivity index (χ3n) is 7.68. The fourth-order valence-electron chi connectivity index (χ4n) is 5.53. The minimum Gasteiger partial charge on any atom is -0.359 e. The molecule has 0 saturated carbocycles. The number of H-pyrrole nitrogens is 2. The van der Waals surface area contributed by atoms with E-state index >= 15 is 0 Å². The molecule has 0 aromatic carbocycles. The fraction of sp³-hybridized carbons (Fsp3) is 0.212. The maximum Gasteiger partial charge on any atom is 0.155 e. The number of piperidine rings is 1. The number of nitrogens with one attached hydrogen (secondary N) is 4. The van der Waals surface area contributed by atoms with Crippen LogP contribution in [0.1, 0.15) is 31.7 Å². The topological polar surface area (TPSA) is 107 Å². The highest BCUT2D eigenvalue weighted by Gasteiger charge is 2.17. The van der Waals surface area contributed by atoms with Crippen molar-refractivity contribution in [2.75, 3.05) is 13.1 Å². The van der Waals surface area contributed by atoms with Gasteiger partial charge in [-0.2, -0.15) is 5.10 Å². The van der Waals surface area contributed by atoms with Crippen LogP contribution >= 0.6 is 0 Å². The van der Waals surface area contributed by atoms with Gasteiger partial charge in [0.2, 0.25) is 0 Å². The van der Waals surface area contributed by atoms with Crippen molar-refractivity contribution in [1.82, 2.24) is 40.8 Å². The largest absolute Gasteiger partial charge is 0.359 e. The van der Waals surface area contributed by atoms with Crippen molar-refractivity contribution in [1.29, 1.82) is 0 Å². The highest BCUT2D eigenvalue weighted by molar-refractivity contribution is 6.00. The SMILES string of the molecule is C=C/C(=C\C(=C/C)c1cnc2[nH]nc(-c3cc4c(-c5cccnc5)cncc4[nH]3)c2c1)NC(=C)CC1CCNCC1. The molecule has 1 fully saturated rings. The van der Waals surface area contributed by atoms with Crippen molar-refractivity contribution in [3.05, 3.63) is 104 Å². The van der Waals surface area contributed by atoms with Gasteiger partial charge in [0.25, 0.3) is 0 Å². The monoisotopic (exact) mass is 542 g/mol. The van der Waals surface area contributed by atoms with E-state index < -0.39 is 0 Å². The highest BCUT2D eigenvalue weighted by atomic mass is 15.2. The summed E-state index contributed by atoms with van der Waals surface area (Å²) < 4.78 is 0. The van der Waals surface area contributed by atoms with Gasteiger partial charge in [0, 0.05) is 63.6 Å². The molecule has 5 aromatic rings. The minimum atomic E-state index is 0.662. The molecular weight excluding hydrogens is 508 g/mol. The zero-order valence-electron chi connectivity index (χ0n) is 23.2. The quantitative estimate of drug-likeness (QED) is 0.158. The van der Waals surface area contributed by atoms with Crippen LogP contribution in [0.15, 0.2) is 98.0 Å². The lowest BCUT2D eigenvalue weighted by molar-refractivity contribution is 0.368. The zero-order chi connectivity index (χ0) is 28.2. The van der Waals surface area contributed by atoms with E-state index in [2.05, 4.69) is 73.2 Å². The number of allylic oxidation sites excluding steroid dienone is 5. The number of fused-ring (bicyclic) bond motifs is 2. The molecule has 0 aliphatic carbocycles. The van der Waals surface area contributed by atoms with E-state index in [1.165, 1.54) is 12.8 Å². The molecule has 0 amide bonds. The van der Waals surface area contributed by atoms with Crippen LogP contribution in [0.25, 0.3) is 50.0 Å². The zero-order valence-corrected chi connectivity index (χ0v) is 23.2. The molecular formula is C33H34N8. The molecule has 5 aromatic heterocycles. The normalized spacial score (nSPS) is 15.0. The lowest BCUT2D eigenvalue weighted by Gasteiger charge is -2.24. The molecule has 8 heteroatoms. The standard InChI is InChI=1S/C33H34N8/c1-4-23(14-26(5-2)38-21(3)13-22-8-11-34-12-9-22)25-15-28-32(40-41-33(28)37-18-25)30-16-27-29(19-36-20-31(27)39-30)24-7-6-10-35-17-24/h4-7,10,14-20,22,34,38-39H,2-3,8-9,11-13H2,1H3,(H,37,40,41)/b23-4+,26-14+. The van der Waals surface area contributed by atoms with Gasteiger partial charge in [0.15, 0.2) is 5.65 Å². The van der Waals surface area contributed by atoms with E-state index in [9.17, 15) is 0 Å². The lowest BCUT2D eigenvalue weighted by atomic mass is 9.93. The molecule has 6 heterocycles. The summed E-state index contributed by atoms with van der Waals surface area (Å²) in [4.78, 5) is 16.9. The van der Waals surface area contributed by atoms with Crippen molar-refractivity contribution in [3.8, 4) is 22.5 Å². The van der Waals surface area contributed by atoms with Crippen molar-refractivity contribution in [3.63, 3.8) is 0 Å². The van der Waals surface area contributed by atoms with Crippen LogP contribution in [-0.4, -0.2) is 43.2 Å². The Hall–Kier alpha value is -4.82. The second-order valence-corrected chi connectivity index (χ2v) is 10.4. The van der Waals surface area contributed by atoms with Gasteiger partial charge in [-0.1, -0.05) is 25.3 Å². The first-order valence-electron chi connectivity index (χ1n) is 14.0. The summed E-state index contributed by atoms with van der Waals surface area (Å²) in [6.45, 7) is 12.5. The molecule has 0 bridgehead atoms. The second kappa shape index (κ2) is 11.7. The number of pyridine rings is 3. The van der Waals surface area contributed by atoms with Crippen LogP contribution < -0.4 is 10.6 Å². The number of aromatic amines is 2. The van der Waals surface area contributed by atoms with Gasteiger partial charge in [0.1, 0.15) is 5.69 Å². The molecule has 0 radical (unpaired) electrons. The van der Waals surface area contributed by atoms with Crippen molar-refractivity contribution >= 4 is 27.5 Å². The van der Waals surface area contributed by atoms with Gasteiger partial charge < -0.3 is 15.6 Å². The molecule has 1 aliphatic rings. The van der Waals surface area contributed by atoms with Gasteiger partial charge in [-0.15, -0.1) is 0 Å². The summed E-state index contributed by atoms with van der Waals surface area (Å²) in [6, 6.07) is 8.22. The van der Waals surface area contributed by atoms with E-state index in [0.717, 1.165) is 86.5 Å². The molecule has 1 aliphatic heterocycles. The number of aromatic nitrogens is 6. The number of rotatable bonds is 9. The average Bonchev–Trinajstić information content (AvgIpc) is 3.64. The first-order valence-corrected chi connectivity index (χ1v) is 14.0. The van der Waals surface area contributed by atoms with Gasteiger partial charge in [-0.25, -0.2) is 4.98 Å². The maximum atomic E-state index is 4.69. The summed E-state index contributed by atoms with van der Waals surface area (Å²) in [6.07, 6.45) is 18.6. The van der Waals surface area contributed by atoms with Crippen LogP contribution in [0.4, 0.5) is 0 Å². The van der Waals surface area contributed by atoms with Crippen LogP contribution in [0, 0.1) is 5.92 Å². The lowest BCUT2D eigenvalue weighted by Crippen LogP contribution is -2.28. The molecule has 1 saturated heterocycles. The minimum absolute atomic E-state index is 0.662. The van der Waals surface area contributed by atoms with Crippen molar-refractivity contribution < 1.29 is 0 Å². The number of nitrogens with zero attached hydrogens (tertiary/aromatic N) is 4. The van der Waals surface area contributed by atoms with Gasteiger partial charge >= 0.3 is 0 Å². The molecule has 8 nitrogen and oxygen atoms in total. The smallest absolute Gasteiger partial charge is 0.155 e. The molecule has 206 valence electrons. The van der Waals surface area contributed by atoms with E-state index in [1.54, 1.807) is 6.20 Å². The predicted octanol–water partition coefficient (Wildman–Crippen LogP) is 6.53. The van der Waals surface area contributed by atoms with Crippen LogP contribution in [-0.2, 0) is 0 Å². The van der Waals surface area contributed by atoms with Crippen LogP contribution in [0.2, 0.25) is 0 Å². The Morgan fingerprint density at radius 1 is 1.10 bits per heavy atom. The first-order chi connectivity index (χ1) is 20.1. The van der Waals surface area contributed by atoms with Crippen molar-refractivity contribution in [2.24, 2.45) is 5.92 Å². The van der Waals surface area contributed by atoms with Gasteiger partial charge in [-0.3, -0.25) is 15.1 Å². The Balaban J connectivity index is 1.30. The second-order valence-electron chi connectivity index (χ2n) is 10.4. The number of hydrogen-bond donors (Lipinski definition) is 4.